The molecule has 0 bridgehead atoms. The number of alkyl halides is 3. The first kappa shape index (κ1) is 19.9. The van der Waals surface area contributed by atoms with Gasteiger partial charge in [-0.1, -0.05) is 6.07 Å². The summed E-state index contributed by atoms with van der Waals surface area (Å²) in [5, 5.41) is 7.26. The minimum Gasteiger partial charge on any atom is -0.357 e. The number of fused-ring (bicyclic) bond motifs is 3. The van der Waals surface area contributed by atoms with Crippen LogP contribution in [0.3, 0.4) is 0 Å². The lowest BCUT2D eigenvalue weighted by Crippen LogP contribution is -2.28. The minimum absolute atomic E-state index is 0.126. The molecule has 0 saturated heterocycles. The van der Waals surface area contributed by atoms with Crippen LogP contribution in [0.5, 0.6) is 0 Å². The molecule has 1 aromatic carbocycles. The maximum absolute atomic E-state index is 13.3. The Hall–Kier alpha value is -3.36. The maximum atomic E-state index is 13.3. The van der Waals surface area contributed by atoms with Gasteiger partial charge in [-0.05, 0) is 43.7 Å². The number of H-pyrrole nitrogens is 1. The number of pyridine rings is 2. The zero-order valence-corrected chi connectivity index (χ0v) is 16.7. The fourth-order valence-corrected chi connectivity index (χ4v) is 3.52. The smallest absolute Gasteiger partial charge is 0.357 e. The van der Waals surface area contributed by atoms with E-state index in [2.05, 4.69) is 15.2 Å². The number of halogens is 3. The fraction of sp³-hybridized carbons (Fsp3) is 0.286. The van der Waals surface area contributed by atoms with Crippen LogP contribution in [-0.2, 0) is 6.54 Å². The third-order valence-electron chi connectivity index (χ3n) is 5.20. The topological polar surface area (TPSA) is 66.8 Å². The van der Waals surface area contributed by atoms with E-state index in [4.69, 9.17) is 0 Å². The van der Waals surface area contributed by atoms with Gasteiger partial charge in [0.05, 0.1) is 10.9 Å². The second-order valence-corrected chi connectivity index (χ2v) is 7.47. The number of nitrogens with one attached hydrogen (secondary N) is 1. The summed E-state index contributed by atoms with van der Waals surface area (Å²) < 4.78 is 40.5. The van der Waals surface area contributed by atoms with E-state index >= 15 is 0 Å². The summed E-state index contributed by atoms with van der Waals surface area (Å²) in [5.41, 5.74) is 1.24. The van der Waals surface area contributed by atoms with Crippen LogP contribution in [0.4, 0.5) is 19.0 Å². The molecule has 3 aromatic heterocycles. The van der Waals surface area contributed by atoms with Gasteiger partial charge in [0.15, 0.2) is 0 Å². The average Bonchev–Trinajstić information content (AvgIpc) is 3.19. The number of hydrogen-bond donors (Lipinski definition) is 1. The van der Waals surface area contributed by atoms with Gasteiger partial charge in [-0.3, -0.25) is 14.5 Å². The highest BCUT2D eigenvalue weighted by atomic mass is 19.4. The molecule has 0 radical (unpaired) electrons. The summed E-state index contributed by atoms with van der Waals surface area (Å²) in [5.74, 6) is 0.706. The van der Waals surface area contributed by atoms with E-state index in [-0.39, 0.29) is 16.9 Å². The van der Waals surface area contributed by atoms with Crippen molar-refractivity contribution in [3.63, 3.8) is 0 Å². The molecular formula is C21H20F3N5O. The van der Waals surface area contributed by atoms with Gasteiger partial charge in [0.25, 0.3) is 5.56 Å². The van der Waals surface area contributed by atoms with Crippen LogP contribution in [0.1, 0.15) is 13.8 Å². The number of benzene rings is 1. The summed E-state index contributed by atoms with van der Waals surface area (Å²) >= 11 is 0. The van der Waals surface area contributed by atoms with Gasteiger partial charge < -0.3 is 4.90 Å². The lowest BCUT2D eigenvalue weighted by Gasteiger charge is -2.25. The van der Waals surface area contributed by atoms with E-state index in [1.54, 1.807) is 24.4 Å². The number of hydrogen-bond acceptors (Lipinski definition) is 4. The molecular weight excluding hydrogens is 395 g/mol. The number of rotatable bonds is 4. The van der Waals surface area contributed by atoms with Crippen LogP contribution < -0.4 is 10.5 Å². The van der Waals surface area contributed by atoms with Crippen LogP contribution >= 0.6 is 0 Å². The van der Waals surface area contributed by atoms with Crippen LogP contribution in [-0.4, -0.2) is 39.0 Å². The molecule has 3 heterocycles. The number of aromatic amines is 1. The third kappa shape index (κ3) is 3.40. The molecule has 6 nitrogen and oxygen atoms in total. The van der Waals surface area contributed by atoms with E-state index in [1.807, 2.05) is 37.9 Å². The number of aromatic nitrogens is 4. The standard InChI is InChI=1S/C21H20F3N5O/c1-12(2)28(3)19-14(5-4-8-25-19)13-6-7-15-17(9-13)29(11-21(22,23)24)20(30)16-10-26-27-18(15)16/h4-10,12H,11H2,1-3H3,(H,26,27). The normalized spacial score (nSPS) is 12.2. The molecule has 156 valence electrons. The van der Waals surface area contributed by atoms with Crippen molar-refractivity contribution in [1.29, 1.82) is 0 Å². The van der Waals surface area contributed by atoms with E-state index in [1.165, 1.54) is 6.20 Å². The molecule has 0 spiro atoms. The van der Waals surface area contributed by atoms with E-state index in [0.717, 1.165) is 10.1 Å². The van der Waals surface area contributed by atoms with E-state index < -0.39 is 18.3 Å². The molecule has 1 N–H and O–H groups in total. The van der Waals surface area contributed by atoms with Crippen LogP contribution in [0.15, 0.2) is 47.5 Å². The van der Waals surface area contributed by atoms with Crippen LogP contribution in [0, 0.1) is 0 Å². The summed E-state index contributed by atoms with van der Waals surface area (Å²) in [6.07, 6.45) is -1.54. The monoisotopic (exact) mass is 415 g/mol. The van der Waals surface area contributed by atoms with Crippen molar-refractivity contribution in [3.8, 4) is 11.1 Å². The first-order valence-corrected chi connectivity index (χ1v) is 9.42. The van der Waals surface area contributed by atoms with Gasteiger partial charge in [0.2, 0.25) is 0 Å². The summed E-state index contributed by atoms with van der Waals surface area (Å²) in [6, 6.07) is 8.93. The Bertz CT molecular complexity index is 1290. The molecule has 0 aliphatic carbocycles. The van der Waals surface area contributed by atoms with Crippen LogP contribution in [0.25, 0.3) is 32.9 Å². The van der Waals surface area contributed by atoms with Crippen LogP contribution in [0.2, 0.25) is 0 Å². The lowest BCUT2D eigenvalue weighted by molar-refractivity contribution is -0.140. The molecule has 0 saturated carbocycles. The van der Waals surface area contributed by atoms with Crippen molar-refractivity contribution in [1.82, 2.24) is 19.7 Å². The Balaban J connectivity index is 2.01. The third-order valence-corrected chi connectivity index (χ3v) is 5.20. The number of nitrogens with zero attached hydrogens (tertiary/aromatic N) is 4. The first-order chi connectivity index (χ1) is 14.2. The molecule has 30 heavy (non-hydrogen) atoms. The zero-order chi connectivity index (χ0) is 21.6. The minimum atomic E-state index is -4.54. The second-order valence-electron chi connectivity index (χ2n) is 7.47. The van der Waals surface area contributed by atoms with Gasteiger partial charge in [-0.2, -0.15) is 18.3 Å². The van der Waals surface area contributed by atoms with Gasteiger partial charge in [0.1, 0.15) is 17.9 Å². The van der Waals surface area contributed by atoms with Gasteiger partial charge in [-0.25, -0.2) is 4.98 Å². The van der Waals surface area contributed by atoms with Crippen molar-refractivity contribution in [2.24, 2.45) is 0 Å². The number of anilines is 1. The average molecular weight is 415 g/mol. The molecule has 0 atom stereocenters. The maximum Gasteiger partial charge on any atom is 0.406 e. The van der Waals surface area contributed by atoms with Gasteiger partial charge in [0, 0.05) is 36.4 Å². The van der Waals surface area contributed by atoms with Crippen molar-refractivity contribution in [2.45, 2.75) is 32.6 Å². The highest BCUT2D eigenvalue weighted by Gasteiger charge is 2.30. The summed E-state index contributed by atoms with van der Waals surface area (Å²) in [7, 11) is 1.91. The van der Waals surface area contributed by atoms with Gasteiger partial charge >= 0.3 is 6.18 Å². The zero-order valence-electron chi connectivity index (χ0n) is 16.7. The Morgan fingerprint density at radius 3 is 2.67 bits per heavy atom. The summed E-state index contributed by atoms with van der Waals surface area (Å²) in [4.78, 5) is 19.2. The quantitative estimate of drug-likeness (QED) is 0.538. The molecule has 4 rings (SSSR count). The molecule has 9 heteroatoms. The predicted molar refractivity (Wildman–Crippen MR) is 111 cm³/mol. The molecule has 0 aliphatic rings. The van der Waals surface area contributed by atoms with Crippen molar-refractivity contribution in [3.05, 3.63) is 53.1 Å². The largest absolute Gasteiger partial charge is 0.406 e. The van der Waals surface area contributed by atoms with Crippen molar-refractivity contribution in [2.75, 3.05) is 11.9 Å². The molecule has 0 fully saturated rings. The van der Waals surface area contributed by atoms with Crippen molar-refractivity contribution < 1.29 is 13.2 Å². The Kier molecular flexibility index (Phi) is 4.76. The SMILES string of the molecule is CC(C)N(C)c1ncccc1-c1ccc2c3n[nH]cc3c(=O)n(CC(F)(F)F)c2c1. The highest BCUT2D eigenvalue weighted by Crippen LogP contribution is 2.33. The van der Waals surface area contributed by atoms with Crippen molar-refractivity contribution >= 4 is 27.6 Å². The molecule has 4 aromatic rings. The second kappa shape index (κ2) is 7.16. The summed E-state index contributed by atoms with van der Waals surface area (Å²) in [6.45, 7) is 2.67. The highest BCUT2D eigenvalue weighted by molar-refractivity contribution is 6.04. The van der Waals surface area contributed by atoms with E-state index in [9.17, 15) is 18.0 Å². The Labute approximate surface area is 170 Å². The predicted octanol–water partition coefficient (Wildman–Crippen LogP) is 4.35. The first-order valence-electron chi connectivity index (χ1n) is 9.42. The molecule has 0 aliphatic heterocycles. The fourth-order valence-electron chi connectivity index (χ4n) is 3.52. The lowest BCUT2D eigenvalue weighted by atomic mass is 10.0. The van der Waals surface area contributed by atoms with Gasteiger partial charge in [-0.15, -0.1) is 0 Å². The molecule has 0 amide bonds. The molecule has 0 unspecified atom stereocenters. The Morgan fingerprint density at radius 1 is 1.20 bits per heavy atom. The Morgan fingerprint density at radius 2 is 1.97 bits per heavy atom. The van der Waals surface area contributed by atoms with E-state index in [0.29, 0.717) is 22.3 Å².